The smallest absolute Gasteiger partial charge is 0.338 e. The molecule has 0 fully saturated rings. The Hall–Kier alpha value is -3.50. The van der Waals surface area contributed by atoms with Gasteiger partial charge in [-0.25, -0.2) is 9.79 Å². The highest BCUT2D eigenvalue weighted by Crippen LogP contribution is 2.41. The summed E-state index contributed by atoms with van der Waals surface area (Å²) in [5, 5.41) is 11.7. The number of thioether (sulfide) groups is 1. The molecular weight excluding hydrogens is 410 g/mol. The van der Waals surface area contributed by atoms with Crippen LogP contribution in [0.1, 0.15) is 36.6 Å². The fourth-order valence-corrected chi connectivity index (χ4v) is 4.31. The van der Waals surface area contributed by atoms with Gasteiger partial charge in [0, 0.05) is 6.20 Å². The van der Waals surface area contributed by atoms with Crippen LogP contribution in [0.4, 0.5) is 0 Å². The molecule has 1 atom stereocenters. The van der Waals surface area contributed by atoms with E-state index in [0.717, 1.165) is 16.3 Å². The van der Waals surface area contributed by atoms with Crippen molar-refractivity contribution in [1.29, 1.82) is 5.26 Å². The number of ether oxygens (including phenoxy) is 2. The minimum absolute atomic E-state index is 0.303. The average molecular weight is 432 g/mol. The number of allylic oxidation sites excluding steroid dienone is 1. The highest BCUT2D eigenvalue weighted by atomic mass is 32.2. The van der Waals surface area contributed by atoms with Crippen LogP contribution >= 0.6 is 11.8 Å². The monoisotopic (exact) mass is 431 g/mol. The molecule has 2 aliphatic heterocycles. The molecule has 2 heterocycles. The number of hydrogen-bond donors (Lipinski definition) is 0. The third-order valence-corrected chi connectivity index (χ3v) is 5.75. The van der Waals surface area contributed by atoms with Crippen LogP contribution in [0.15, 0.2) is 76.4 Å². The molecule has 2 aliphatic rings. The predicted octanol–water partition coefficient (Wildman–Crippen LogP) is 4.91. The van der Waals surface area contributed by atoms with E-state index in [9.17, 15) is 4.79 Å². The lowest BCUT2D eigenvalue weighted by Gasteiger charge is -2.33. The van der Waals surface area contributed by atoms with Gasteiger partial charge in [-0.15, -0.1) is 0 Å². The number of benzene rings is 2. The highest BCUT2D eigenvalue weighted by molar-refractivity contribution is 8.16. The number of carbonyl (C=O) groups is 1. The summed E-state index contributed by atoms with van der Waals surface area (Å²) in [6, 6.07) is 16.8. The molecule has 2 aromatic rings. The summed E-state index contributed by atoms with van der Waals surface area (Å²) in [4.78, 5) is 19.3. The largest absolute Gasteiger partial charge is 0.489 e. The number of amidine groups is 1. The molecule has 0 N–H and O–H groups in total. The summed E-state index contributed by atoms with van der Waals surface area (Å²) < 4.78 is 11.3. The molecule has 0 aromatic heterocycles. The molecule has 156 valence electrons. The van der Waals surface area contributed by atoms with E-state index in [1.807, 2.05) is 59.8 Å². The lowest BCUT2D eigenvalue weighted by Crippen LogP contribution is -2.34. The quantitative estimate of drug-likeness (QED) is 0.605. The predicted molar refractivity (Wildman–Crippen MR) is 120 cm³/mol. The van der Waals surface area contributed by atoms with Crippen molar-refractivity contribution in [1.82, 2.24) is 4.90 Å². The van der Waals surface area contributed by atoms with Crippen molar-refractivity contribution in [3.05, 3.63) is 88.1 Å². The molecular formula is C24H21N3O3S. The zero-order chi connectivity index (χ0) is 21.8. The van der Waals surface area contributed by atoms with Crippen molar-refractivity contribution in [3.63, 3.8) is 0 Å². The van der Waals surface area contributed by atoms with Crippen LogP contribution in [-0.4, -0.2) is 22.6 Å². The second-order valence-corrected chi connectivity index (χ2v) is 7.87. The van der Waals surface area contributed by atoms with Crippen molar-refractivity contribution < 1.29 is 14.3 Å². The van der Waals surface area contributed by atoms with Crippen LogP contribution in [0.3, 0.4) is 0 Å². The molecule has 0 spiro atoms. The average Bonchev–Trinajstić information content (AvgIpc) is 3.25. The van der Waals surface area contributed by atoms with Crippen LogP contribution in [0.25, 0.3) is 0 Å². The first kappa shape index (κ1) is 20.8. The number of carbonyl (C=O) groups excluding carboxylic acids is 1. The Balaban J connectivity index is 1.61. The third kappa shape index (κ3) is 4.35. The van der Waals surface area contributed by atoms with Gasteiger partial charge in [-0.3, -0.25) is 0 Å². The Morgan fingerprint density at radius 3 is 2.81 bits per heavy atom. The van der Waals surface area contributed by atoms with Gasteiger partial charge in [0.25, 0.3) is 0 Å². The van der Waals surface area contributed by atoms with Gasteiger partial charge in [-0.1, -0.05) is 36.0 Å². The van der Waals surface area contributed by atoms with E-state index in [4.69, 9.17) is 14.7 Å². The maximum atomic E-state index is 12.8. The molecule has 4 rings (SSSR count). The number of aliphatic imine (C=N–C) groups is 1. The molecule has 0 aliphatic carbocycles. The molecule has 0 radical (unpaired) electrons. The first-order chi connectivity index (χ1) is 15.1. The minimum atomic E-state index is -0.359. The molecule has 6 nitrogen and oxygen atoms in total. The van der Waals surface area contributed by atoms with Crippen molar-refractivity contribution >= 4 is 22.9 Å². The summed E-state index contributed by atoms with van der Waals surface area (Å²) in [6.07, 6.45) is 1.93. The second-order valence-electron chi connectivity index (χ2n) is 7.00. The standard InChI is InChI=1S/C24H21N3O3S/c1-3-29-23(28)21-16(2)26-24-27(11-12-31-24)22(21)19-5-4-6-20(13-19)30-15-18-9-7-17(14-25)8-10-18/h4-13,22H,3,15H2,1-2H3/t22-/m1/s1. The summed E-state index contributed by atoms with van der Waals surface area (Å²) in [5.41, 5.74) is 3.69. The number of nitriles is 1. The Kier molecular flexibility index (Phi) is 6.10. The maximum Gasteiger partial charge on any atom is 0.338 e. The molecule has 0 unspecified atom stereocenters. The van der Waals surface area contributed by atoms with Gasteiger partial charge in [0.1, 0.15) is 12.4 Å². The number of fused-ring (bicyclic) bond motifs is 1. The van der Waals surface area contributed by atoms with Gasteiger partial charge in [-0.05, 0) is 54.6 Å². The van der Waals surface area contributed by atoms with Crippen molar-refractivity contribution in [2.75, 3.05) is 6.61 Å². The summed E-state index contributed by atoms with van der Waals surface area (Å²) in [6.45, 7) is 4.32. The zero-order valence-corrected chi connectivity index (χ0v) is 18.1. The highest BCUT2D eigenvalue weighted by Gasteiger charge is 2.37. The first-order valence-corrected chi connectivity index (χ1v) is 10.8. The number of esters is 1. The Labute approximate surface area is 185 Å². The Morgan fingerprint density at radius 1 is 1.26 bits per heavy atom. The van der Waals surface area contributed by atoms with Crippen LogP contribution < -0.4 is 4.74 Å². The van der Waals surface area contributed by atoms with Gasteiger partial charge in [0.15, 0.2) is 5.17 Å². The van der Waals surface area contributed by atoms with Crippen LogP contribution in [0, 0.1) is 11.3 Å². The summed E-state index contributed by atoms with van der Waals surface area (Å²) >= 11 is 1.53. The summed E-state index contributed by atoms with van der Waals surface area (Å²) in [7, 11) is 0. The normalized spacial score (nSPS) is 17.1. The Morgan fingerprint density at radius 2 is 2.06 bits per heavy atom. The number of hydrogen-bond acceptors (Lipinski definition) is 7. The van der Waals surface area contributed by atoms with Crippen molar-refractivity contribution in [2.24, 2.45) is 4.99 Å². The summed E-state index contributed by atoms with van der Waals surface area (Å²) in [5.74, 6) is 0.338. The van der Waals surface area contributed by atoms with Crippen LogP contribution in [0.2, 0.25) is 0 Å². The molecule has 0 amide bonds. The van der Waals surface area contributed by atoms with Gasteiger partial charge >= 0.3 is 5.97 Å². The van der Waals surface area contributed by atoms with Gasteiger partial charge < -0.3 is 14.4 Å². The van der Waals surface area contributed by atoms with E-state index in [1.54, 1.807) is 19.1 Å². The van der Waals surface area contributed by atoms with Crippen LogP contribution in [0.5, 0.6) is 5.75 Å². The molecule has 0 bridgehead atoms. The van der Waals surface area contributed by atoms with E-state index in [0.29, 0.717) is 35.8 Å². The third-order valence-electron chi connectivity index (χ3n) is 4.98. The first-order valence-electron chi connectivity index (χ1n) is 9.90. The molecule has 31 heavy (non-hydrogen) atoms. The number of rotatable bonds is 6. The van der Waals surface area contributed by atoms with E-state index in [1.165, 1.54) is 11.8 Å². The van der Waals surface area contributed by atoms with Crippen molar-refractivity contribution in [2.45, 2.75) is 26.5 Å². The van der Waals surface area contributed by atoms with Crippen molar-refractivity contribution in [3.8, 4) is 11.8 Å². The number of nitrogens with zero attached hydrogens (tertiary/aromatic N) is 3. The maximum absolute atomic E-state index is 12.8. The SMILES string of the molecule is CCOC(=O)C1=C(C)N=C2SC=CN2[C@@H]1c1cccc(OCc2ccc(C#N)cc2)c1. The molecule has 0 saturated heterocycles. The zero-order valence-electron chi connectivity index (χ0n) is 17.2. The molecule has 0 saturated carbocycles. The minimum Gasteiger partial charge on any atom is -0.489 e. The lowest BCUT2D eigenvalue weighted by atomic mass is 9.94. The Bertz CT molecular complexity index is 1130. The van der Waals surface area contributed by atoms with E-state index >= 15 is 0 Å². The second kappa shape index (κ2) is 9.11. The molecule has 7 heteroatoms. The molecule has 2 aromatic carbocycles. The van der Waals surface area contributed by atoms with Crippen LogP contribution in [-0.2, 0) is 16.1 Å². The topological polar surface area (TPSA) is 74.9 Å². The van der Waals surface area contributed by atoms with Gasteiger partial charge in [0.05, 0.1) is 35.6 Å². The van der Waals surface area contributed by atoms with Gasteiger partial charge in [-0.2, -0.15) is 5.26 Å². The fraction of sp³-hybridized carbons (Fsp3) is 0.208. The van der Waals surface area contributed by atoms with E-state index < -0.39 is 0 Å². The van der Waals surface area contributed by atoms with E-state index in [2.05, 4.69) is 11.1 Å². The lowest BCUT2D eigenvalue weighted by molar-refractivity contribution is -0.139. The fourth-order valence-electron chi connectivity index (χ4n) is 3.51. The van der Waals surface area contributed by atoms with E-state index in [-0.39, 0.29) is 12.0 Å². The van der Waals surface area contributed by atoms with Gasteiger partial charge in [0.2, 0.25) is 0 Å².